The van der Waals surface area contributed by atoms with Crippen LogP contribution < -0.4 is 10.1 Å². The van der Waals surface area contributed by atoms with Crippen LogP contribution >= 0.6 is 0 Å². The number of ether oxygens (including phenoxy) is 1. The smallest absolute Gasteiger partial charge is 0.262 e. The summed E-state index contributed by atoms with van der Waals surface area (Å²) in [7, 11) is 0. The molecule has 4 aromatic rings. The van der Waals surface area contributed by atoms with Crippen LogP contribution in [0.15, 0.2) is 83.4 Å². The van der Waals surface area contributed by atoms with Crippen molar-refractivity contribution < 1.29 is 14.1 Å². The standard InChI is InChI=1S/C25H23N3O3/c1-17-12-14-20(15-13-17)24-27-25(31-28-24)21-10-6-7-11-22(21)30-16-23(29)26-18(2)19-8-4-3-5-9-19/h3-15,18H,16H2,1-2H3,(H,26,29)/t18-/m1/s1. The van der Waals surface area contributed by atoms with Crippen LogP contribution in [0.2, 0.25) is 0 Å². The average Bonchev–Trinajstić information content (AvgIpc) is 3.29. The van der Waals surface area contributed by atoms with Crippen molar-refractivity contribution in [3.63, 3.8) is 0 Å². The SMILES string of the molecule is Cc1ccc(-c2noc(-c3ccccc3OCC(=O)N[C@H](C)c3ccccc3)n2)cc1. The van der Waals surface area contributed by atoms with Crippen molar-refractivity contribution in [3.8, 4) is 28.6 Å². The van der Waals surface area contributed by atoms with Crippen molar-refractivity contribution in [1.29, 1.82) is 0 Å². The van der Waals surface area contributed by atoms with Crippen molar-refractivity contribution in [1.82, 2.24) is 15.5 Å². The van der Waals surface area contributed by atoms with Crippen LogP contribution in [-0.2, 0) is 4.79 Å². The Morgan fingerprint density at radius 3 is 2.48 bits per heavy atom. The molecular formula is C25H23N3O3. The van der Waals surface area contributed by atoms with E-state index in [1.807, 2.05) is 86.6 Å². The zero-order valence-electron chi connectivity index (χ0n) is 17.4. The molecule has 1 aromatic heterocycles. The highest BCUT2D eigenvalue weighted by Crippen LogP contribution is 2.30. The lowest BCUT2D eigenvalue weighted by atomic mass is 10.1. The Balaban J connectivity index is 1.44. The first-order chi connectivity index (χ1) is 15.1. The van der Waals surface area contributed by atoms with E-state index >= 15 is 0 Å². The van der Waals surface area contributed by atoms with E-state index in [0.29, 0.717) is 23.0 Å². The van der Waals surface area contributed by atoms with Gasteiger partial charge in [-0.05, 0) is 31.5 Å². The van der Waals surface area contributed by atoms with Gasteiger partial charge >= 0.3 is 0 Å². The number of hydrogen-bond donors (Lipinski definition) is 1. The maximum absolute atomic E-state index is 12.4. The van der Waals surface area contributed by atoms with Gasteiger partial charge in [0.2, 0.25) is 5.82 Å². The van der Waals surface area contributed by atoms with Gasteiger partial charge in [0.25, 0.3) is 11.8 Å². The van der Waals surface area contributed by atoms with E-state index < -0.39 is 0 Å². The first-order valence-corrected chi connectivity index (χ1v) is 10.1. The summed E-state index contributed by atoms with van der Waals surface area (Å²) < 4.78 is 11.2. The van der Waals surface area contributed by atoms with Gasteiger partial charge in [-0.25, -0.2) is 0 Å². The lowest BCUT2D eigenvalue weighted by molar-refractivity contribution is -0.123. The number of hydrogen-bond acceptors (Lipinski definition) is 5. The minimum Gasteiger partial charge on any atom is -0.483 e. The number of para-hydroxylation sites is 1. The number of amides is 1. The number of nitrogens with one attached hydrogen (secondary N) is 1. The molecule has 1 N–H and O–H groups in total. The maximum atomic E-state index is 12.4. The maximum Gasteiger partial charge on any atom is 0.262 e. The Kier molecular flexibility index (Phi) is 6.08. The Bertz CT molecular complexity index is 1150. The predicted molar refractivity (Wildman–Crippen MR) is 118 cm³/mol. The Morgan fingerprint density at radius 1 is 1.00 bits per heavy atom. The quantitative estimate of drug-likeness (QED) is 0.463. The Labute approximate surface area is 180 Å². The molecule has 1 heterocycles. The van der Waals surface area contributed by atoms with Crippen molar-refractivity contribution >= 4 is 5.91 Å². The van der Waals surface area contributed by atoms with Crippen molar-refractivity contribution in [2.24, 2.45) is 0 Å². The molecule has 0 saturated heterocycles. The van der Waals surface area contributed by atoms with E-state index in [9.17, 15) is 4.79 Å². The van der Waals surface area contributed by atoms with Gasteiger partial charge in [-0.3, -0.25) is 4.79 Å². The third kappa shape index (κ3) is 4.98. The van der Waals surface area contributed by atoms with Crippen LogP contribution in [0.3, 0.4) is 0 Å². The van der Waals surface area contributed by atoms with E-state index in [2.05, 4.69) is 15.5 Å². The van der Waals surface area contributed by atoms with Crippen molar-refractivity contribution in [2.75, 3.05) is 6.61 Å². The summed E-state index contributed by atoms with van der Waals surface area (Å²) in [5.41, 5.74) is 3.70. The number of aromatic nitrogens is 2. The van der Waals surface area contributed by atoms with Gasteiger partial charge in [0.05, 0.1) is 11.6 Å². The molecule has 4 rings (SSSR count). The van der Waals surface area contributed by atoms with Crippen LogP contribution in [0.1, 0.15) is 24.1 Å². The van der Waals surface area contributed by atoms with Gasteiger partial charge in [-0.15, -0.1) is 0 Å². The van der Waals surface area contributed by atoms with E-state index in [1.165, 1.54) is 0 Å². The van der Waals surface area contributed by atoms with Gasteiger partial charge in [0.15, 0.2) is 6.61 Å². The fraction of sp³-hybridized carbons (Fsp3) is 0.160. The molecule has 0 radical (unpaired) electrons. The largest absolute Gasteiger partial charge is 0.483 e. The third-order valence-corrected chi connectivity index (χ3v) is 4.89. The second kappa shape index (κ2) is 9.26. The van der Waals surface area contributed by atoms with E-state index in [1.54, 1.807) is 6.07 Å². The number of rotatable bonds is 7. The van der Waals surface area contributed by atoms with Gasteiger partial charge in [0, 0.05) is 5.56 Å². The van der Waals surface area contributed by atoms with Crippen LogP contribution in [0.5, 0.6) is 5.75 Å². The minimum absolute atomic E-state index is 0.111. The molecule has 0 fully saturated rings. The lowest BCUT2D eigenvalue weighted by Crippen LogP contribution is -2.31. The molecule has 31 heavy (non-hydrogen) atoms. The third-order valence-electron chi connectivity index (χ3n) is 4.89. The molecular weight excluding hydrogens is 390 g/mol. The van der Waals surface area contributed by atoms with E-state index in [4.69, 9.17) is 9.26 Å². The van der Waals surface area contributed by atoms with E-state index in [0.717, 1.165) is 16.7 Å². The van der Waals surface area contributed by atoms with Crippen LogP contribution in [0, 0.1) is 6.92 Å². The average molecular weight is 413 g/mol. The molecule has 1 amide bonds. The summed E-state index contributed by atoms with van der Waals surface area (Å²) in [6.45, 7) is 3.84. The normalized spacial score (nSPS) is 11.7. The number of carbonyl (C=O) groups excluding carboxylic acids is 1. The van der Waals surface area contributed by atoms with Crippen molar-refractivity contribution in [3.05, 3.63) is 90.0 Å². The monoisotopic (exact) mass is 413 g/mol. The molecule has 0 saturated carbocycles. The highest BCUT2D eigenvalue weighted by Gasteiger charge is 2.16. The zero-order valence-corrected chi connectivity index (χ0v) is 17.4. The second-order valence-electron chi connectivity index (χ2n) is 7.27. The number of benzene rings is 3. The molecule has 6 heteroatoms. The first-order valence-electron chi connectivity index (χ1n) is 10.1. The molecule has 0 spiro atoms. The first kappa shape index (κ1) is 20.3. The van der Waals surface area contributed by atoms with Gasteiger partial charge in [-0.1, -0.05) is 77.5 Å². The summed E-state index contributed by atoms with van der Waals surface area (Å²) >= 11 is 0. The minimum atomic E-state index is -0.211. The van der Waals surface area contributed by atoms with Crippen LogP contribution in [0.4, 0.5) is 0 Å². The van der Waals surface area contributed by atoms with Gasteiger partial charge < -0.3 is 14.6 Å². The molecule has 1 atom stereocenters. The predicted octanol–water partition coefficient (Wildman–Crippen LogP) is 4.97. The van der Waals surface area contributed by atoms with Gasteiger partial charge in [0.1, 0.15) is 5.75 Å². The van der Waals surface area contributed by atoms with Gasteiger partial charge in [-0.2, -0.15) is 4.98 Å². The molecule has 0 bridgehead atoms. The molecule has 3 aromatic carbocycles. The number of aryl methyl sites for hydroxylation is 1. The number of carbonyl (C=O) groups is 1. The van der Waals surface area contributed by atoms with Crippen molar-refractivity contribution in [2.45, 2.75) is 19.9 Å². The molecule has 0 aliphatic rings. The summed E-state index contributed by atoms with van der Waals surface area (Å²) in [4.78, 5) is 16.9. The van der Waals surface area contributed by atoms with Crippen LogP contribution in [0.25, 0.3) is 22.8 Å². The fourth-order valence-electron chi connectivity index (χ4n) is 3.17. The van der Waals surface area contributed by atoms with E-state index in [-0.39, 0.29) is 18.6 Å². The second-order valence-corrected chi connectivity index (χ2v) is 7.27. The lowest BCUT2D eigenvalue weighted by Gasteiger charge is -2.15. The highest BCUT2D eigenvalue weighted by atomic mass is 16.5. The Morgan fingerprint density at radius 2 is 1.71 bits per heavy atom. The summed E-state index contributed by atoms with van der Waals surface area (Å²) in [5, 5.41) is 7.02. The highest BCUT2D eigenvalue weighted by molar-refractivity contribution is 5.78. The fourth-order valence-corrected chi connectivity index (χ4v) is 3.17. The van der Waals surface area contributed by atoms with Crippen LogP contribution in [-0.4, -0.2) is 22.7 Å². The zero-order chi connectivity index (χ0) is 21.6. The summed E-state index contributed by atoms with van der Waals surface area (Å²) in [6.07, 6.45) is 0. The molecule has 0 unspecified atom stereocenters. The Hall–Kier alpha value is -3.93. The molecule has 0 aliphatic heterocycles. The topological polar surface area (TPSA) is 77.2 Å². The molecule has 156 valence electrons. The summed E-state index contributed by atoms with van der Waals surface area (Å²) in [6, 6.07) is 24.9. The molecule has 0 aliphatic carbocycles. The summed E-state index contributed by atoms with van der Waals surface area (Å²) in [5.74, 6) is 1.13. The molecule has 6 nitrogen and oxygen atoms in total. The number of nitrogens with zero attached hydrogens (tertiary/aromatic N) is 2.